The summed E-state index contributed by atoms with van der Waals surface area (Å²) in [5, 5.41) is 6.40. The fraction of sp³-hybridized carbons (Fsp3) is 0.412. The Balaban J connectivity index is 1.91. The number of nitrogens with one attached hydrogen (secondary N) is 1. The molecule has 0 aliphatic rings. The highest BCUT2D eigenvalue weighted by Gasteiger charge is 2.03. The van der Waals surface area contributed by atoms with Crippen LogP contribution in [0, 0.1) is 6.92 Å². The molecule has 1 aromatic heterocycles. The van der Waals surface area contributed by atoms with E-state index in [1.54, 1.807) is 0 Å². The average Bonchev–Trinajstić information content (AvgIpc) is 2.49. The summed E-state index contributed by atoms with van der Waals surface area (Å²) in [7, 11) is 4.11. The third-order valence-corrected chi connectivity index (χ3v) is 3.34. The molecule has 1 N–H and O–H groups in total. The first kappa shape index (κ1) is 16.2. The molecule has 5 heteroatoms. The third kappa shape index (κ3) is 5.00. The molecule has 0 bridgehead atoms. The molecule has 0 fully saturated rings. The zero-order valence-electron chi connectivity index (χ0n) is 13.4. The van der Waals surface area contributed by atoms with Crippen LogP contribution in [0.1, 0.15) is 23.2 Å². The first-order valence-corrected chi connectivity index (χ1v) is 7.46. The number of aryl methyl sites for hydroxylation is 1. The number of hydrogen-bond donors (Lipinski definition) is 1. The van der Waals surface area contributed by atoms with Gasteiger partial charge in [-0.3, -0.25) is 4.79 Å². The number of benzene rings is 1. The van der Waals surface area contributed by atoms with Crippen LogP contribution in [-0.4, -0.2) is 42.3 Å². The van der Waals surface area contributed by atoms with Crippen molar-refractivity contribution in [2.75, 3.05) is 27.2 Å². The maximum atomic E-state index is 11.7. The predicted molar refractivity (Wildman–Crippen MR) is 87.5 cm³/mol. The van der Waals surface area contributed by atoms with E-state index in [2.05, 4.69) is 29.2 Å². The molecule has 0 saturated heterocycles. The van der Waals surface area contributed by atoms with Crippen LogP contribution in [-0.2, 0) is 6.42 Å². The van der Waals surface area contributed by atoms with Gasteiger partial charge in [0.2, 0.25) is 0 Å². The van der Waals surface area contributed by atoms with E-state index in [1.807, 2.05) is 37.3 Å². The largest absolute Gasteiger partial charge is 0.494 e. The van der Waals surface area contributed by atoms with Gasteiger partial charge in [-0.05, 0) is 51.2 Å². The van der Waals surface area contributed by atoms with Crippen LogP contribution in [0.4, 0.5) is 0 Å². The van der Waals surface area contributed by atoms with Crippen molar-refractivity contribution in [3.63, 3.8) is 0 Å². The second-order valence-electron chi connectivity index (χ2n) is 5.69. The molecule has 22 heavy (non-hydrogen) atoms. The quantitative estimate of drug-likeness (QED) is 0.795. The van der Waals surface area contributed by atoms with E-state index in [0.717, 1.165) is 35.5 Å². The molecule has 0 aliphatic heterocycles. The molecule has 1 heterocycles. The normalized spacial score (nSPS) is 10.9. The van der Waals surface area contributed by atoms with Gasteiger partial charge in [-0.1, -0.05) is 12.1 Å². The molecule has 0 atom stereocenters. The Labute approximate surface area is 130 Å². The molecule has 0 unspecified atom stereocenters. The van der Waals surface area contributed by atoms with Crippen molar-refractivity contribution in [1.82, 2.24) is 15.1 Å². The van der Waals surface area contributed by atoms with Crippen LogP contribution >= 0.6 is 0 Å². The van der Waals surface area contributed by atoms with Crippen LogP contribution in [0.15, 0.2) is 35.1 Å². The van der Waals surface area contributed by atoms with Gasteiger partial charge in [0.15, 0.2) is 0 Å². The van der Waals surface area contributed by atoms with E-state index in [0.29, 0.717) is 13.0 Å². The monoisotopic (exact) mass is 301 g/mol. The molecular formula is C17H23N3O2. The number of ether oxygens (including phenoxy) is 1. The van der Waals surface area contributed by atoms with Gasteiger partial charge in [0, 0.05) is 18.5 Å². The smallest absolute Gasteiger partial charge is 0.267 e. The molecule has 118 valence electrons. The van der Waals surface area contributed by atoms with Gasteiger partial charge in [0.05, 0.1) is 12.3 Å². The molecular weight excluding hydrogens is 278 g/mol. The number of hydrogen-bond acceptors (Lipinski definition) is 4. The van der Waals surface area contributed by atoms with E-state index >= 15 is 0 Å². The minimum Gasteiger partial charge on any atom is -0.494 e. The summed E-state index contributed by atoms with van der Waals surface area (Å²) in [6.07, 6.45) is 1.60. The highest BCUT2D eigenvalue weighted by molar-refractivity contribution is 5.31. The molecule has 0 radical (unpaired) electrons. The van der Waals surface area contributed by atoms with E-state index in [4.69, 9.17) is 4.74 Å². The summed E-state index contributed by atoms with van der Waals surface area (Å²) in [6.45, 7) is 3.59. The molecule has 0 amide bonds. The van der Waals surface area contributed by atoms with Gasteiger partial charge in [-0.2, -0.15) is 5.10 Å². The maximum Gasteiger partial charge on any atom is 0.267 e. The first-order valence-electron chi connectivity index (χ1n) is 7.46. The Morgan fingerprint density at radius 1 is 1.23 bits per heavy atom. The van der Waals surface area contributed by atoms with Gasteiger partial charge in [0.1, 0.15) is 5.75 Å². The molecule has 0 spiro atoms. The standard InChI is InChI=1S/C17H23N3O2/c1-13-11-15(17(21)19-18-13)12-14-5-7-16(8-6-14)22-10-4-9-20(2)3/h5-8,11H,4,9-10,12H2,1-3H3,(H,19,21). The number of nitrogens with zero attached hydrogens (tertiary/aromatic N) is 2. The van der Waals surface area contributed by atoms with Gasteiger partial charge >= 0.3 is 0 Å². The van der Waals surface area contributed by atoms with Crippen molar-refractivity contribution in [3.8, 4) is 5.75 Å². The summed E-state index contributed by atoms with van der Waals surface area (Å²) < 4.78 is 5.70. The minimum absolute atomic E-state index is 0.130. The lowest BCUT2D eigenvalue weighted by Crippen LogP contribution is -2.15. The molecule has 1 aromatic carbocycles. The van der Waals surface area contributed by atoms with Crippen LogP contribution in [0.3, 0.4) is 0 Å². The van der Waals surface area contributed by atoms with E-state index in [1.165, 1.54) is 0 Å². The number of aromatic nitrogens is 2. The number of rotatable bonds is 7. The third-order valence-electron chi connectivity index (χ3n) is 3.34. The van der Waals surface area contributed by atoms with Crippen molar-refractivity contribution in [3.05, 3.63) is 57.5 Å². The fourth-order valence-electron chi connectivity index (χ4n) is 2.19. The summed E-state index contributed by atoms with van der Waals surface area (Å²) in [6, 6.07) is 9.72. The number of aromatic amines is 1. The summed E-state index contributed by atoms with van der Waals surface area (Å²) in [4.78, 5) is 13.9. The molecule has 2 aromatic rings. The topological polar surface area (TPSA) is 58.2 Å². The lowest BCUT2D eigenvalue weighted by molar-refractivity contribution is 0.281. The predicted octanol–water partition coefficient (Wildman–Crippen LogP) is 2.00. The van der Waals surface area contributed by atoms with E-state index < -0.39 is 0 Å². The zero-order valence-corrected chi connectivity index (χ0v) is 13.4. The summed E-state index contributed by atoms with van der Waals surface area (Å²) in [5.41, 5.74) is 2.49. The van der Waals surface area contributed by atoms with Gasteiger partial charge < -0.3 is 9.64 Å². The highest BCUT2D eigenvalue weighted by Crippen LogP contribution is 2.14. The van der Waals surface area contributed by atoms with Crippen LogP contribution in [0.5, 0.6) is 5.75 Å². The molecule has 0 saturated carbocycles. The Hall–Kier alpha value is -2.14. The average molecular weight is 301 g/mol. The Morgan fingerprint density at radius 2 is 1.95 bits per heavy atom. The Kier molecular flexibility index (Phi) is 5.72. The highest BCUT2D eigenvalue weighted by atomic mass is 16.5. The van der Waals surface area contributed by atoms with Crippen LogP contribution in [0.25, 0.3) is 0 Å². The molecule has 2 rings (SSSR count). The van der Waals surface area contributed by atoms with Crippen molar-refractivity contribution < 1.29 is 4.74 Å². The SMILES string of the molecule is Cc1cc(Cc2ccc(OCCCN(C)C)cc2)c(=O)[nH]n1. The Morgan fingerprint density at radius 3 is 2.64 bits per heavy atom. The van der Waals surface area contributed by atoms with Crippen LogP contribution in [0.2, 0.25) is 0 Å². The summed E-state index contributed by atoms with van der Waals surface area (Å²) >= 11 is 0. The summed E-state index contributed by atoms with van der Waals surface area (Å²) in [5.74, 6) is 0.863. The second kappa shape index (κ2) is 7.75. The fourth-order valence-corrected chi connectivity index (χ4v) is 2.19. The van der Waals surface area contributed by atoms with Gasteiger partial charge in [-0.25, -0.2) is 5.10 Å². The maximum absolute atomic E-state index is 11.7. The van der Waals surface area contributed by atoms with Gasteiger partial charge in [-0.15, -0.1) is 0 Å². The van der Waals surface area contributed by atoms with E-state index in [-0.39, 0.29) is 5.56 Å². The van der Waals surface area contributed by atoms with Crippen molar-refractivity contribution in [2.45, 2.75) is 19.8 Å². The van der Waals surface area contributed by atoms with Crippen molar-refractivity contribution in [2.24, 2.45) is 0 Å². The van der Waals surface area contributed by atoms with Crippen molar-refractivity contribution >= 4 is 0 Å². The molecule has 0 aliphatic carbocycles. The zero-order chi connectivity index (χ0) is 15.9. The lowest BCUT2D eigenvalue weighted by Gasteiger charge is -2.10. The van der Waals surface area contributed by atoms with Crippen LogP contribution < -0.4 is 10.3 Å². The van der Waals surface area contributed by atoms with E-state index in [9.17, 15) is 4.79 Å². The van der Waals surface area contributed by atoms with Crippen molar-refractivity contribution in [1.29, 1.82) is 0 Å². The Bertz CT molecular complexity index is 648. The minimum atomic E-state index is -0.130. The molecule has 5 nitrogen and oxygen atoms in total. The first-order chi connectivity index (χ1) is 10.5. The lowest BCUT2D eigenvalue weighted by atomic mass is 10.1. The van der Waals surface area contributed by atoms with Gasteiger partial charge in [0.25, 0.3) is 5.56 Å². The number of H-pyrrole nitrogens is 1. The second-order valence-corrected chi connectivity index (χ2v) is 5.69.